The van der Waals surface area contributed by atoms with Crippen molar-refractivity contribution in [2.75, 3.05) is 7.11 Å². The summed E-state index contributed by atoms with van der Waals surface area (Å²) in [6.07, 6.45) is -0.631. The highest BCUT2D eigenvalue weighted by atomic mass is 35.5. The number of esters is 1. The predicted molar refractivity (Wildman–Crippen MR) is 128 cm³/mol. The molecule has 1 atom stereocenters. The number of rotatable bonds is 6. The van der Waals surface area contributed by atoms with E-state index < -0.39 is 29.6 Å². The molecule has 0 saturated heterocycles. The topological polar surface area (TPSA) is 102 Å². The second-order valence-electron chi connectivity index (χ2n) is 9.16. The number of fused-ring (bicyclic) bond motifs is 1. The lowest BCUT2D eigenvalue weighted by Crippen LogP contribution is -2.47. The van der Waals surface area contributed by atoms with E-state index in [4.69, 9.17) is 26.1 Å². The zero-order valence-corrected chi connectivity index (χ0v) is 20.7. The minimum atomic E-state index is -1.93. The van der Waals surface area contributed by atoms with E-state index in [2.05, 4.69) is 4.98 Å². The molecule has 3 aromatic rings. The van der Waals surface area contributed by atoms with Crippen LogP contribution in [0.3, 0.4) is 0 Å². The number of carboxylic acids is 1. The number of aromatic amines is 1. The van der Waals surface area contributed by atoms with Crippen LogP contribution < -0.4 is 0 Å². The van der Waals surface area contributed by atoms with Crippen molar-refractivity contribution in [1.29, 1.82) is 0 Å². The van der Waals surface area contributed by atoms with Gasteiger partial charge in [-0.3, -0.25) is 4.79 Å². The summed E-state index contributed by atoms with van der Waals surface area (Å²) in [6, 6.07) is 7.17. The highest BCUT2D eigenvalue weighted by Gasteiger charge is 2.51. The lowest BCUT2D eigenvalue weighted by molar-refractivity contribution is -0.196. The molecule has 2 aromatic heterocycles. The Labute approximate surface area is 198 Å². The molecular weight excluding hydrogens is 444 g/mol. The molecule has 0 aliphatic heterocycles. The Morgan fingerprint density at radius 1 is 1.12 bits per heavy atom. The predicted octanol–water partition coefficient (Wildman–Crippen LogP) is 5.47. The van der Waals surface area contributed by atoms with Crippen molar-refractivity contribution < 1.29 is 24.2 Å². The average Bonchev–Trinajstić information content (AvgIpc) is 2.98. The zero-order chi connectivity index (χ0) is 24.7. The molecule has 2 N–H and O–H groups in total. The molecule has 8 heteroatoms. The third-order valence-corrected chi connectivity index (χ3v) is 5.81. The molecule has 0 aliphatic carbocycles. The molecule has 176 valence electrons. The van der Waals surface area contributed by atoms with Crippen LogP contribution in [-0.4, -0.2) is 39.7 Å². The van der Waals surface area contributed by atoms with Gasteiger partial charge in [-0.2, -0.15) is 0 Å². The fourth-order valence-electron chi connectivity index (χ4n) is 4.31. The highest BCUT2D eigenvalue weighted by molar-refractivity contribution is 6.30. The molecule has 33 heavy (non-hydrogen) atoms. The number of aryl methyl sites for hydroxylation is 3. The van der Waals surface area contributed by atoms with Gasteiger partial charge < -0.3 is 19.6 Å². The number of hydrogen-bond donors (Lipinski definition) is 2. The van der Waals surface area contributed by atoms with Crippen molar-refractivity contribution in [2.24, 2.45) is 0 Å². The van der Waals surface area contributed by atoms with Crippen LogP contribution in [-0.2, 0) is 24.7 Å². The van der Waals surface area contributed by atoms with E-state index in [9.17, 15) is 14.7 Å². The summed E-state index contributed by atoms with van der Waals surface area (Å²) < 4.78 is 11.5. The van der Waals surface area contributed by atoms with Crippen LogP contribution in [0.5, 0.6) is 0 Å². The van der Waals surface area contributed by atoms with Gasteiger partial charge in [-0.25, -0.2) is 9.78 Å². The summed E-state index contributed by atoms with van der Waals surface area (Å²) in [7, 11) is 1.22. The third kappa shape index (κ3) is 4.61. The monoisotopic (exact) mass is 472 g/mol. The molecule has 3 rings (SSSR count). The summed E-state index contributed by atoms with van der Waals surface area (Å²) in [6.45, 7) is 10.9. The van der Waals surface area contributed by atoms with Gasteiger partial charge in [0.1, 0.15) is 5.65 Å². The van der Waals surface area contributed by atoms with Crippen molar-refractivity contribution in [1.82, 2.24) is 9.97 Å². The number of carboxylic acid groups (broad SMARTS) is 1. The van der Waals surface area contributed by atoms with Gasteiger partial charge in [-0.05, 0) is 64.8 Å². The Kier molecular flexibility index (Phi) is 6.60. The molecule has 0 amide bonds. The molecule has 2 heterocycles. The van der Waals surface area contributed by atoms with Gasteiger partial charge in [0, 0.05) is 32.9 Å². The zero-order valence-electron chi connectivity index (χ0n) is 19.9. The number of nitrogens with zero attached hydrogens (tertiary/aromatic N) is 1. The first-order valence-corrected chi connectivity index (χ1v) is 10.9. The normalized spacial score (nSPS) is 13.7. The van der Waals surface area contributed by atoms with Crippen molar-refractivity contribution in [3.05, 3.63) is 51.8 Å². The van der Waals surface area contributed by atoms with Gasteiger partial charge in [0.25, 0.3) is 0 Å². The largest absolute Gasteiger partial charge is 0.481 e. The number of ether oxygens (including phenoxy) is 2. The van der Waals surface area contributed by atoms with Gasteiger partial charge in [0.2, 0.25) is 5.60 Å². The number of H-pyrrole nitrogens is 1. The van der Waals surface area contributed by atoms with Crippen molar-refractivity contribution in [3.63, 3.8) is 0 Å². The molecule has 0 spiro atoms. The van der Waals surface area contributed by atoms with E-state index >= 15 is 0 Å². The second-order valence-corrected chi connectivity index (χ2v) is 9.59. The van der Waals surface area contributed by atoms with Crippen molar-refractivity contribution >= 4 is 34.6 Å². The number of hydrogen-bond acceptors (Lipinski definition) is 5. The first kappa shape index (κ1) is 24.7. The summed E-state index contributed by atoms with van der Waals surface area (Å²) >= 11 is 6.15. The molecule has 0 aliphatic rings. The van der Waals surface area contributed by atoms with Crippen LogP contribution >= 0.6 is 11.6 Å². The molecule has 0 saturated carbocycles. The van der Waals surface area contributed by atoms with E-state index in [1.807, 2.05) is 26.0 Å². The number of methoxy groups -OCH3 is 1. The van der Waals surface area contributed by atoms with Crippen LogP contribution in [0, 0.1) is 20.8 Å². The van der Waals surface area contributed by atoms with Gasteiger partial charge >= 0.3 is 11.9 Å². The summed E-state index contributed by atoms with van der Waals surface area (Å²) in [4.78, 5) is 33.5. The number of carbonyl (C=O) groups is 2. The minimum absolute atomic E-state index is 0.364. The number of aromatic nitrogens is 2. The molecule has 0 radical (unpaired) electrons. The number of aliphatic carboxylic acids is 1. The van der Waals surface area contributed by atoms with Crippen molar-refractivity contribution in [2.45, 2.75) is 59.2 Å². The van der Waals surface area contributed by atoms with Crippen LogP contribution in [0.2, 0.25) is 5.02 Å². The van der Waals surface area contributed by atoms with Gasteiger partial charge in [0.15, 0.2) is 0 Å². The smallest absolute Gasteiger partial charge is 0.343 e. The van der Waals surface area contributed by atoms with E-state index in [0.29, 0.717) is 27.5 Å². The van der Waals surface area contributed by atoms with Crippen LogP contribution in [0.4, 0.5) is 0 Å². The number of halogens is 1. The lowest BCUT2D eigenvalue weighted by Gasteiger charge is -2.38. The molecule has 7 nitrogen and oxygen atoms in total. The van der Waals surface area contributed by atoms with Gasteiger partial charge in [0.05, 0.1) is 19.1 Å². The molecule has 1 aromatic carbocycles. The molecular formula is C25H29ClN2O5. The molecule has 0 fully saturated rings. The number of carbonyl (C=O) groups excluding carboxylic acids is 1. The van der Waals surface area contributed by atoms with Gasteiger partial charge in [-0.15, -0.1) is 0 Å². The van der Waals surface area contributed by atoms with E-state index in [1.54, 1.807) is 39.8 Å². The minimum Gasteiger partial charge on any atom is -0.481 e. The van der Waals surface area contributed by atoms with Crippen LogP contribution in [0.25, 0.3) is 22.2 Å². The van der Waals surface area contributed by atoms with Crippen LogP contribution in [0.15, 0.2) is 24.3 Å². The molecule has 1 unspecified atom stereocenters. The van der Waals surface area contributed by atoms with E-state index in [1.165, 1.54) is 7.11 Å². The Morgan fingerprint density at radius 2 is 1.73 bits per heavy atom. The Balaban J connectivity index is 2.58. The third-order valence-electron chi connectivity index (χ3n) is 5.55. The first-order valence-electron chi connectivity index (χ1n) is 10.6. The molecule has 0 bridgehead atoms. The maximum atomic E-state index is 13.4. The maximum absolute atomic E-state index is 13.4. The Hall–Kier alpha value is -2.90. The summed E-state index contributed by atoms with van der Waals surface area (Å²) in [5.74, 6) is -2.00. The average molecular weight is 473 g/mol. The maximum Gasteiger partial charge on any atom is 0.343 e. The Morgan fingerprint density at radius 3 is 2.24 bits per heavy atom. The number of pyridine rings is 1. The van der Waals surface area contributed by atoms with E-state index in [0.717, 1.165) is 22.2 Å². The van der Waals surface area contributed by atoms with E-state index in [-0.39, 0.29) is 0 Å². The van der Waals surface area contributed by atoms with Crippen LogP contribution in [0.1, 0.15) is 49.7 Å². The standard InChI is InChI=1S/C25H29ClN2O5/c1-13-14(2)27-22-19(13)20(16-8-10-17(26)11-9-16)21(15(3)28-22)25(12-18(29)30,23(31)32-7)33-24(4,5)6/h8-11H,12H2,1-7H3,(H,27,28)(H,29,30). The Bertz CT molecular complexity index is 1220. The fourth-order valence-corrected chi connectivity index (χ4v) is 4.44. The number of nitrogens with one attached hydrogen (secondary N) is 1. The summed E-state index contributed by atoms with van der Waals surface area (Å²) in [5.41, 5.74) is 1.93. The summed E-state index contributed by atoms with van der Waals surface area (Å²) in [5, 5.41) is 11.2. The highest BCUT2D eigenvalue weighted by Crippen LogP contribution is 2.46. The first-order chi connectivity index (χ1) is 15.3. The number of benzene rings is 1. The quantitative estimate of drug-likeness (QED) is 0.461. The fraction of sp³-hybridized carbons (Fsp3) is 0.400. The van der Waals surface area contributed by atoms with Gasteiger partial charge in [-0.1, -0.05) is 23.7 Å². The SMILES string of the molecule is COC(=O)C(CC(=O)O)(OC(C)(C)C)c1c(C)nc2[nH]c(C)c(C)c2c1-c1ccc(Cl)cc1. The second kappa shape index (κ2) is 8.80. The van der Waals surface area contributed by atoms with Crippen molar-refractivity contribution in [3.8, 4) is 11.1 Å². The lowest BCUT2D eigenvalue weighted by atomic mass is 9.81.